The molecular formula is C46H54N2. The summed E-state index contributed by atoms with van der Waals surface area (Å²) in [6.45, 7) is 17.3. The van der Waals surface area contributed by atoms with E-state index in [0.29, 0.717) is 5.92 Å². The van der Waals surface area contributed by atoms with Crippen LogP contribution in [0.15, 0.2) is 158 Å². The molecule has 0 saturated carbocycles. The Bertz CT molecular complexity index is 1690. The van der Waals surface area contributed by atoms with Crippen molar-refractivity contribution >= 4 is 5.69 Å². The number of anilines is 1. The topological polar surface area (TPSA) is 52.0 Å². The molecule has 0 bridgehead atoms. The first-order valence-corrected chi connectivity index (χ1v) is 17.1. The highest BCUT2D eigenvalue weighted by molar-refractivity contribution is 5.81. The standard InChI is InChI=1S/C34H32.C8H11N.C2H7N.C2H4/c1-3-11-26-18-19-31(20-25(26)2)29-16-10-17-30(21-29)34-23-32(27-12-6-4-7-13-27)22-33(24-34)28-14-8-5-9-15-28;1-6-4-3-5-7(2)8(6)9;1-2-3;1-2/h4-10,12-19,21-24,31H,3,11,20H2,1-2H3;3-5H,9H2,1-2H3;2-3H2,1H3;1-2H2. The van der Waals surface area contributed by atoms with Gasteiger partial charge in [0.15, 0.2) is 0 Å². The normalized spacial score (nSPS) is 13.2. The molecule has 0 amide bonds. The lowest BCUT2D eigenvalue weighted by Gasteiger charge is -2.21. The molecule has 5 aromatic rings. The second-order valence-corrected chi connectivity index (χ2v) is 12.1. The zero-order chi connectivity index (χ0) is 34.9. The van der Waals surface area contributed by atoms with Crippen molar-refractivity contribution in [2.75, 3.05) is 12.3 Å². The average Bonchev–Trinajstić information content (AvgIpc) is 3.13. The van der Waals surface area contributed by atoms with Crippen molar-refractivity contribution in [2.45, 2.75) is 59.8 Å². The number of allylic oxidation sites excluding steroid dienone is 4. The van der Waals surface area contributed by atoms with Crippen LogP contribution in [-0.4, -0.2) is 6.54 Å². The molecule has 0 radical (unpaired) electrons. The lowest BCUT2D eigenvalue weighted by atomic mass is 9.83. The molecule has 48 heavy (non-hydrogen) atoms. The molecule has 0 spiro atoms. The Morgan fingerprint density at radius 3 is 1.52 bits per heavy atom. The van der Waals surface area contributed by atoms with E-state index >= 15 is 0 Å². The smallest absolute Gasteiger partial charge is 0.0373 e. The van der Waals surface area contributed by atoms with Gasteiger partial charge in [0, 0.05) is 11.6 Å². The number of hydrogen-bond acceptors (Lipinski definition) is 2. The Morgan fingerprint density at radius 2 is 1.06 bits per heavy atom. The van der Waals surface area contributed by atoms with Gasteiger partial charge in [-0.05, 0) is 114 Å². The van der Waals surface area contributed by atoms with Crippen LogP contribution in [-0.2, 0) is 0 Å². The Hall–Kier alpha value is -4.92. The summed E-state index contributed by atoms with van der Waals surface area (Å²) < 4.78 is 0. The van der Waals surface area contributed by atoms with Gasteiger partial charge in [0.25, 0.3) is 0 Å². The van der Waals surface area contributed by atoms with Gasteiger partial charge in [-0.1, -0.05) is 141 Å². The molecule has 1 aliphatic rings. The lowest BCUT2D eigenvalue weighted by Crippen LogP contribution is -2.03. The fraction of sp³-hybridized carbons (Fsp3) is 0.217. The van der Waals surface area contributed by atoms with Crippen LogP contribution in [0.1, 0.15) is 62.6 Å². The molecule has 1 atom stereocenters. The van der Waals surface area contributed by atoms with Gasteiger partial charge in [-0.2, -0.15) is 0 Å². The van der Waals surface area contributed by atoms with Crippen LogP contribution >= 0.6 is 0 Å². The molecule has 1 unspecified atom stereocenters. The monoisotopic (exact) mass is 634 g/mol. The number of hydrogen-bond donors (Lipinski definition) is 2. The Labute approximate surface area is 290 Å². The van der Waals surface area contributed by atoms with Gasteiger partial charge in [0.1, 0.15) is 0 Å². The van der Waals surface area contributed by atoms with E-state index < -0.39 is 0 Å². The minimum absolute atomic E-state index is 0.450. The summed E-state index contributed by atoms with van der Waals surface area (Å²) in [6, 6.07) is 43.6. The molecule has 2 heteroatoms. The van der Waals surface area contributed by atoms with E-state index in [9.17, 15) is 0 Å². The molecule has 0 fully saturated rings. The molecular weight excluding hydrogens is 581 g/mol. The van der Waals surface area contributed by atoms with Crippen LogP contribution < -0.4 is 11.5 Å². The van der Waals surface area contributed by atoms with E-state index in [4.69, 9.17) is 11.5 Å². The Morgan fingerprint density at radius 1 is 0.604 bits per heavy atom. The summed E-state index contributed by atoms with van der Waals surface area (Å²) in [4.78, 5) is 0. The van der Waals surface area contributed by atoms with Crippen LogP contribution in [0.4, 0.5) is 5.69 Å². The molecule has 2 nitrogen and oxygen atoms in total. The molecule has 4 N–H and O–H groups in total. The first-order chi connectivity index (χ1) is 23.3. The van der Waals surface area contributed by atoms with Crippen molar-refractivity contribution in [3.05, 3.63) is 174 Å². The van der Waals surface area contributed by atoms with Crippen molar-refractivity contribution in [3.63, 3.8) is 0 Å². The molecule has 0 heterocycles. The minimum Gasteiger partial charge on any atom is -0.398 e. The summed E-state index contributed by atoms with van der Waals surface area (Å²) in [5.74, 6) is 0.450. The lowest BCUT2D eigenvalue weighted by molar-refractivity contribution is 0.779. The van der Waals surface area contributed by atoms with Gasteiger partial charge < -0.3 is 11.5 Å². The predicted octanol–water partition coefficient (Wildman–Crippen LogP) is 12.5. The van der Waals surface area contributed by atoms with Crippen molar-refractivity contribution in [1.29, 1.82) is 0 Å². The summed E-state index contributed by atoms with van der Waals surface area (Å²) in [5, 5.41) is 0. The number of aryl methyl sites for hydroxylation is 2. The highest BCUT2D eigenvalue weighted by atomic mass is 14.6. The summed E-state index contributed by atoms with van der Waals surface area (Å²) in [5.41, 5.74) is 25.8. The largest absolute Gasteiger partial charge is 0.398 e. The summed E-state index contributed by atoms with van der Waals surface area (Å²) >= 11 is 0. The van der Waals surface area contributed by atoms with Crippen molar-refractivity contribution in [3.8, 4) is 33.4 Å². The number of rotatable bonds is 6. The number of para-hydroxylation sites is 1. The van der Waals surface area contributed by atoms with Crippen molar-refractivity contribution in [2.24, 2.45) is 5.73 Å². The highest BCUT2D eigenvalue weighted by Crippen LogP contribution is 2.37. The van der Waals surface area contributed by atoms with E-state index in [1.54, 1.807) is 0 Å². The number of nitrogens with two attached hydrogens (primary N) is 2. The summed E-state index contributed by atoms with van der Waals surface area (Å²) in [6.07, 6.45) is 8.28. The van der Waals surface area contributed by atoms with Crippen LogP contribution in [0.2, 0.25) is 0 Å². The zero-order valence-corrected chi connectivity index (χ0v) is 29.7. The maximum atomic E-state index is 5.68. The first kappa shape index (κ1) is 37.5. The fourth-order valence-electron chi connectivity index (χ4n) is 5.86. The van der Waals surface area contributed by atoms with E-state index in [1.807, 2.05) is 39.0 Å². The second-order valence-electron chi connectivity index (χ2n) is 12.1. The van der Waals surface area contributed by atoms with Gasteiger partial charge in [0.2, 0.25) is 0 Å². The molecule has 6 rings (SSSR count). The Kier molecular flexibility index (Phi) is 15.4. The molecule has 248 valence electrons. The van der Waals surface area contributed by atoms with Gasteiger partial charge in [-0.25, -0.2) is 0 Å². The SMILES string of the molecule is C=C.CCCC1=C(C)CC(c2cccc(-c3cc(-c4ccccc4)cc(-c4ccccc4)c3)c2)C=C1.CCN.Cc1cccc(C)c1N. The van der Waals surface area contributed by atoms with E-state index in [-0.39, 0.29) is 0 Å². The Balaban J connectivity index is 0.000000376. The highest BCUT2D eigenvalue weighted by Gasteiger charge is 2.16. The van der Waals surface area contributed by atoms with Crippen molar-refractivity contribution < 1.29 is 0 Å². The van der Waals surface area contributed by atoms with E-state index in [0.717, 1.165) is 29.8 Å². The average molecular weight is 635 g/mol. The molecule has 0 aliphatic heterocycles. The van der Waals surface area contributed by atoms with Gasteiger partial charge in [-0.15, -0.1) is 13.2 Å². The first-order valence-electron chi connectivity index (χ1n) is 17.1. The van der Waals surface area contributed by atoms with Gasteiger partial charge in [-0.3, -0.25) is 0 Å². The number of benzene rings is 5. The molecule has 0 aromatic heterocycles. The quantitative estimate of drug-likeness (QED) is 0.144. The van der Waals surface area contributed by atoms with Gasteiger partial charge >= 0.3 is 0 Å². The fourth-order valence-corrected chi connectivity index (χ4v) is 5.86. The third-order valence-electron chi connectivity index (χ3n) is 8.46. The summed E-state index contributed by atoms with van der Waals surface area (Å²) in [7, 11) is 0. The molecule has 5 aromatic carbocycles. The third-order valence-corrected chi connectivity index (χ3v) is 8.46. The van der Waals surface area contributed by atoms with Crippen LogP contribution in [0.5, 0.6) is 0 Å². The van der Waals surface area contributed by atoms with Gasteiger partial charge in [0.05, 0.1) is 0 Å². The van der Waals surface area contributed by atoms with Crippen molar-refractivity contribution in [1.82, 2.24) is 0 Å². The van der Waals surface area contributed by atoms with Crippen LogP contribution in [0, 0.1) is 13.8 Å². The maximum absolute atomic E-state index is 5.68. The predicted molar refractivity (Wildman–Crippen MR) is 213 cm³/mol. The van der Waals surface area contributed by atoms with E-state index in [2.05, 4.69) is 142 Å². The maximum Gasteiger partial charge on any atom is 0.0373 e. The minimum atomic E-state index is 0.450. The van der Waals surface area contributed by atoms with Crippen LogP contribution in [0.3, 0.4) is 0 Å². The van der Waals surface area contributed by atoms with Crippen LogP contribution in [0.25, 0.3) is 33.4 Å². The third kappa shape index (κ3) is 10.6. The zero-order valence-electron chi connectivity index (χ0n) is 29.7. The molecule has 0 saturated heterocycles. The van der Waals surface area contributed by atoms with E-state index in [1.165, 1.54) is 62.9 Å². The molecule has 1 aliphatic carbocycles. The number of nitrogen functional groups attached to an aromatic ring is 1. The second kappa shape index (κ2) is 19.7.